The smallest absolute Gasteiger partial charge is 0.275 e. The van der Waals surface area contributed by atoms with Crippen molar-refractivity contribution in [1.82, 2.24) is 16.0 Å². The number of methoxy groups -OCH3 is 1. The molecule has 0 spiro atoms. The highest BCUT2D eigenvalue weighted by Gasteiger charge is 2.18. The Labute approximate surface area is 145 Å². The van der Waals surface area contributed by atoms with Gasteiger partial charge in [0.15, 0.2) is 11.5 Å². The predicted octanol–water partition coefficient (Wildman–Crippen LogP) is 2.16. The molecule has 8 nitrogen and oxygen atoms in total. The maximum atomic E-state index is 12.2. The zero-order valence-electron chi connectivity index (χ0n) is 14.6. The lowest BCUT2D eigenvalue weighted by Gasteiger charge is -2.12. The third-order valence-corrected chi connectivity index (χ3v) is 3.44. The van der Waals surface area contributed by atoms with Crippen LogP contribution >= 0.6 is 0 Å². The van der Waals surface area contributed by atoms with Gasteiger partial charge in [-0.25, -0.2) is 0 Å². The van der Waals surface area contributed by atoms with Gasteiger partial charge < -0.3 is 14.0 Å². The second-order valence-electron chi connectivity index (χ2n) is 5.32. The third kappa shape index (κ3) is 4.28. The fourth-order valence-corrected chi connectivity index (χ4v) is 2.20. The van der Waals surface area contributed by atoms with Crippen LogP contribution in [0.25, 0.3) is 0 Å². The van der Waals surface area contributed by atoms with Crippen LogP contribution in [0.3, 0.4) is 0 Å². The lowest BCUT2D eigenvalue weighted by Crippen LogP contribution is -2.42. The summed E-state index contributed by atoms with van der Waals surface area (Å²) in [5.74, 6) is 0.391. The minimum atomic E-state index is -0.500. The number of aromatic nitrogens is 1. The Bertz CT molecular complexity index is 750. The Morgan fingerprint density at radius 1 is 1.16 bits per heavy atom. The molecule has 1 heterocycles. The maximum absolute atomic E-state index is 12.2. The highest BCUT2D eigenvalue weighted by Crippen LogP contribution is 2.28. The number of amides is 2. The molecule has 0 unspecified atom stereocenters. The molecule has 2 rings (SSSR count). The summed E-state index contributed by atoms with van der Waals surface area (Å²) < 4.78 is 15.7. The Morgan fingerprint density at radius 2 is 1.88 bits per heavy atom. The number of carbonyl (C=O) groups is 2. The van der Waals surface area contributed by atoms with E-state index < -0.39 is 11.8 Å². The number of nitrogens with one attached hydrogen (secondary N) is 2. The average molecular weight is 347 g/mol. The number of hydrogen-bond donors (Lipinski definition) is 2. The van der Waals surface area contributed by atoms with Gasteiger partial charge in [-0.3, -0.25) is 20.4 Å². The van der Waals surface area contributed by atoms with Gasteiger partial charge >= 0.3 is 0 Å². The number of benzene rings is 1. The zero-order chi connectivity index (χ0) is 18.4. The first-order valence-corrected chi connectivity index (χ1v) is 7.82. The minimum absolute atomic E-state index is 0.293. The van der Waals surface area contributed by atoms with Crippen molar-refractivity contribution in [2.45, 2.75) is 27.2 Å². The van der Waals surface area contributed by atoms with Crippen LogP contribution < -0.4 is 20.3 Å². The number of hydrogen-bond acceptors (Lipinski definition) is 6. The molecule has 0 saturated carbocycles. The number of nitrogens with zero attached hydrogens (tertiary/aromatic N) is 1. The van der Waals surface area contributed by atoms with Crippen molar-refractivity contribution in [2.75, 3.05) is 13.7 Å². The first kappa shape index (κ1) is 18.3. The molecule has 0 bridgehead atoms. The molecule has 2 amide bonds. The number of hydrazine groups is 1. The molecule has 0 saturated heterocycles. The van der Waals surface area contributed by atoms with Crippen LogP contribution in [-0.4, -0.2) is 30.7 Å². The van der Waals surface area contributed by atoms with Gasteiger partial charge in [-0.05, 0) is 38.5 Å². The van der Waals surface area contributed by atoms with Crippen LogP contribution in [0.15, 0.2) is 22.7 Å². The molecule has 0 aliphatic heterocycles. The van der Waals surface area contributed by atoms with Crippen LogP contribution in [0, 0.1) is 13.8 Å². The topological polar surface area (TPSA) is 103 Å². The van der Waals surface area contributed by atoms with Gasteiger partial charge in [0.25, 0.3) is 11.8 Å². The molecule has 134 valence electrons. The summed E-state index contributed by atoms with van der Waals surface area (Å²) in [4.78, 5) is 24.3. The minimum Gasteiger partial charge on any atom is -0.493 e. The lowest BCUT2D eigenvalue weighted by molar-refractivity contribution is 0.0845. The van der Waals surface area contributed by atoms with Gasteiger partial charge in [0.05, 0.1) is 19.4 Å². The van der Waals surface area contributed by atoms with Crippen LogP contribution in [0.1, 0.15) is 45.5 Å². The van der Waals surface area contributed by atoms with Crippen molar-refractivity contribution in [3.63, 3.8) is 0 Å². The summed E-state index contributed by atoms with van der Waals surface area (Å²) >= 11 is 0. The van der Waals surface area contributed by atoms with Crippen LogP contribution in [0.4, 0.5) is 0 Å². The van der Waals surface area contributed by atoms with Crippen LogP contribution in [0.2, 0.25) is 0 Å². The molecule has 0 fully saturated rings. The van der Waals surface area contributed by atoms with E-state index >= 15 is 0 Å². The normalized spacial score (nSPS) is 10.2. The van der Waals surface area contributed by atoms with Crippen LogP contribution in [0.5, 0.6) is 11.5 Å². The largest absolute Gasteiger partial charge is 0.493 e. The number of carbonyl (C=O) groups excluding carboxylic acids is 2. The van der Waals surface area contributed by atoms with Gasteiger partial charge in [-0.2, -0.15) is 0 Å². The summed E-state index contributed by atoms with van der Waals surface area (Å²) in [6.07, 6.45) is 0.860. The van der Waals surface area contributed by atoms with Crippen molar-refractivity contribution < 1.29 is 23.6 Å². The standard InChI is InChI=1S/C17H21N3O5/c1-5-8-24-13-7-6-12(9-14(13)23-4)16(21)18-19-17(22)15-10(2)20-25-11(15)3/h6-7,9H,5,8H2,1-4H3,(H,18,21)(H,19,22). The Kier molecular flexibility index (Phi) is 5.99. The lowest BCUT2D eigenvalue weighted by atomic mass is 10.2. The second kappa shape index (κ2) is 8.18. The van der Waals surface area contributed by atoms with Gasteiger partial charge in [0.1, 0.15) is 11.3 Å². The Balaban J connectivity index is 2.04. The Hall–Kier alpha value is -3.03. The highest BCUT2D eigenvalue weighted by atomic mass is 16.5. The fourth-order valence-electron chi connectivity index (χ4n) is 2.20. The summed E-state index contributed by atoms with van der Waals surface area (Å²) in [5, 5.41) is 3.70. The summed E-state index contributed by atoms with van der Waals surface area (Å²) in [7, 11) is 1.50. The van der Waals surface area contributed by atoms with Crippen molar-refractivity contribution in [1.29, 1.82) is 0 Å². The van der Waals surface area contributed by atoms with Gasteiger partial charge in [-0.15, -0.1) is 0 Å². The van der Waals surface area contributed by atoms with E-state index in [1.807, 2.05) is 6.92 Å². The van der Waals surface area contributed by atoms with E-state index in [0.29, 0.717) is 40.7 Å². The van der Waals surface area contributed by atoms with E-state index in [2.05, 4.69) is 16.0 Å². The van der Waals surface area contributed by atoms with E-state index in [1.165, 1.54) is 7.11 Å². The maximum Gasteiger partial charge on any atom is 0.275 e. The summed E-state index contributed by atoms with van der Waals surface area (Å²) in [6.45, 7) is 5.81. The SMILES string of the molecule is CCCOc1ccc(C(=O)NNC(=O)c2c(C)noc2C)cc1OC. The van der Waals surface area contributed by atoms with Gasteiger partial charge in [0, 0.05) is 5.56 Å². The molecule has 2 N–H and O–H groups in total. The third-order valence-electron chi connectivity index (χ3n) is 3.44. The summed E-state index contributed by atoms with van der Waals surface area (Å²) in [5.41, 5.74) is 5.75. The second-order valence-corrected chi connectivity index (χ2v) is 5.32. The zero-order valence-corrected chi connectivity index (χ0v) is 14.6. The fraction of sp³-hybridized carbons (Fsp3) is 0.353. The molecular weight excluding hydrogens is 326 g/mol. The molecule has 1 aromatic heterocycles. The molecular formula is C17H21N3O5. The van der Waals surface area contributed by atoms with E-state index in [-0.39, 0.29) is 0 Å². The molecule has 8 heteroatoms. The number of ether oxygens (including phenoxy) is 2. The average Bonchev–Trinajstić information content (AvgIpc) is 2.95. The first-order chi connectivity index (χ1) is 12.0. The van der Waals surface area contributed by atoms with Crippen LogP contribution in [-0.2, 0) is 0 Å². The molecule has 1 aromatic carbocycles. The van der Waals surface area contributed by atoms with Crippen molar-refractivity contribution in [3.05, 3.63) is 40.8 Å². The van der Waals surface area contributed by atoms with Gasteiger partial charge in [-0.1, -0.05) is 12.1 Å². The summed E-state index contributed by atoms with van der Waals surface area (Å²) in [6, 6.07) is 4.78. The van der Waals surface area contributed by atoms with Crippen molar-refractivity contribution in [3.8, 4) is 11.5 Å². The molecule has 0 aliphatic carbocycles. The quantitative estimate of drug-likeness (QED) is 0.776. The molecule has 25 heavy (non-hydrogen) atoms. The first-order valence-electron chi connectivity index (χ1n) is 7.82. The molecule has 0 atom stereocenters. The van der Waals surface area contributed by atoms with E-state index in [4.69, 9.17) is 14.0 Å². The van der Waals surface area contributed by atoms with E-state index in [9.17, 15) is 9.59 Å². The van der Waals surface area contributed by atoms with E-state index in [0.717, 1.165) is 6.42 Å². The number of aryl methyl sites for hydroxylation is 2. The van der Waals surface area contributed by atoms with E-state index in [1.54, 1.807) is 32.0 Å². The monoisotopic (exact) mass is 347 g/mol. The Morgan fingerprint density at radius 3 is 2.48 bits per heavy atom. The molecule has 0 radical (unpaired) electrons. The number of rotatable bonds is 6. The highest BCUT2D eigenvalue weighted by molar-refractivity contribution is 6.00. The predicted molar refractivity (Wildman–Crippen MR) is 89.7 cm³/mol. The molecule has 2 aromatic rings. The molecule has 0 aliphatic rings. The van der Waals surface area contributed by atoms with Gasteiger partial charge in [0.2, 0.25) is 0 Å². The van der Waals surface area contributed by atoms with Crippen molar-refractivity contribution in [2.24, 2.45) is 0 Å². The van der Waals surface area contributed by atoms with Crippen molar-refractivity contribution >= 4 is 11.8 Å².